The summed E-state index contributed by atoms with van der Waals surface area (Å²) in [7, 11) is 0. The molecule has 2 atom stereocenters. The minimum absolute atomic E-state index is 0.134. The number of hydrogen-bond donors (Lipinski definition) is 2. The Kier molecular flexibility index (Phi) is 5.87. The smallest absolute Gasteiger partial charge is 0.223 e. The highest BCUT2D eigenvalue weighted by Gasteiger charge is 2.27. The molecule has 0 bridgehead atoms. The predicted molar refractivity (Wildman–Crippen MR) is 99.4 cm³/mol. The molecule has 1 aromatic carbocycles. The lowest BCUT2D eigenvalue weighted by Crippen LogP contribution is -2.42. The Morgan fingerprint density at radius 1 is 1.28 bits per heavy atom. The number of rotatable bonds is 6. The van der Waals surface area contributed by atoms with Crippen LogP contribution in [0.5, 0.6) is 0 Å². The normalized spacial score (nSPS) is 20.6. The Morgan fingerprint density at radius 3 is 2.88 bits per heavy atom. The number of amides is 1. The van der Waals surface area contributed by atoms with Crippen molar-refractivity contribution < 1.29 is 4.79 Å². The van der Waals surface area contributed by atoms with Crippen LogP contribution in [0.4, 0.5) is 0 Å². The fraction of sp³-hybridized carbons (Fsp3) is 0.500. The first kappa shape index (κ1) is 17.7. The average molecular weight is 340 g/mol. The van der Waals surface area contributed by atoms with Crippen molar-refractivity contribution in [3.63, 3.8) is 0 Å². The first-order chi connectivity index (χ1) is 12.1. The molecular formula is C20H28N4O. The topological polar surface area (TPSA) is 59.0 Å². The number of nitrogens with one attached hydrogen (secondary N) is 2. The second-order valence-electron chi connectivity index (χ2n) is 7.18. The van der Waals surface area contributed by atoms with E-state index in [2.05, 4.69) is 33.9 Å². The Bertz CT molecular complexity index is 681. The van der Waals surface area contributed by atoms with Gasteiger partial charge in [-0.1, -0.05) is 24.6 Å². The fourth-order valence-electron chi connectivity index (χ4n) is 3.57. The molecule has 1 aromatic heterocycles. The van der Waals surface area contributed by atoms with Crippen molar-refractivity contribution in [3.05, 3.63) is 48.3 Å². The molecule has 1 fully saturated rings. The first-order valence-electron chi connectivity index (χ1n) is 9.25. The van der Waals surface area contributed by atoms with Crippen LogP contribution < -0.4 is 10.6 Å². The van der Waals surface area contributed by atoms with E-state index in [-0.39, 0.29) is 17.9 Å². The summed E-state index contributed by atoms with van der Waals surface area (Å²) in [5, 5.41) is 11.1. The summed E-state index contributed by atoms with van der Waals surface area (Å²) >= 11 is 0. The number of nitrogens with zero attached hydrogens (tertiary/aromatic N) is 2. The van der Waals surface area contributed by atoms with E-state index < -0.39 is 0 Å². The van der Waals surface area contributed by atoms with Crippen LogP contribution in [-0.2, 0) is 11.3 Å². The molecule has 25 heavy (non-hydrogen) atoms. The average Bonchev–Trinajstić information content (AvgIpc) is 3.14. The molecule has 1 saturated carbocycles. The molecular weight excluding hydrogens is 312 g/mol. The van der Waals surface area contributed by atoms with Gasteiger partial charge < -0.3 is 10.6 Å². The van der Waals surface area contributed by atoms with Crippen molar-refractivity contribution in [1.82, 2.24) is 20.4 Å². The van der Waals surface area contributed by atoms with Gasteiger partial charge in [0.1, 0.15) is 0 Å². The second-order valence-corrected chi connectivity index (χ2v) is 7.18. The van der Waals surface area contributed by atoms with Crippen LogP contribution in [0.15, 0.2) is 42.7 Å². The maximum Gasteiger partial charge on any atom is 0.223 e. The maximum absolute atomic E-state index is 12.3. The van der Waals surface area contributed by atoms with Crippen molar-refractivity contribution in [3.8, 4) is 5.69 Å². The van der Waals surface area contributed by atoms with Gasteiger partial charge in [0.05, 0.1) is 5.69 Å². The predicted octanol–water partition coefficient (Wildman–Crippen LogP) is 3.05. The third-order valence-corrected chi connectivity index (χ3v) is 4.80. The molecule has 0 spiro atoms. The molecule has 2 aromatic rings. The van der Waals surface area contributed by atoms with E-state index >= 15 is 0 Å². The maximum atomic E-state index is 12.3. The summed E-state index contributed by atoms with van der Waals surface area (Å²) in [6.07, 6.45) is 7.92. The van der Waals surface area contributed by atoms with Gasteiger partial charge in [-0.25, -0.2) is 4.68 Å². The van der Waals surface area contributed by atoms with Gasteiger partial charge in [0.15, 0.2) is 0 Å². The van der Waals surface area contributed by atoms with Gasteiger partial charge in [0.25, 0.3) is 0 Å². The largest absolute Gasteiger partial charge is 0.354 e. The Labute approximate surface area is 149 Å². The van der Waals surface area contributed by atoms with Crippen LogP contribution in [0.1, 0.15) is 45.1 Å². The van der Waals surface area contributed by atoms with Gasteiger partial charge in [0, 0.05) is 36.9 Å². The zero-order valence-electron chi connectivity index (χ0n) is 15.1. The Morgan fingerprint density at radius 2 is 2.12 bits per heavy atom. The van der Waals surface area contributed by atoms with Gasteiger partial charge >= 0.3 is 0 Å². The van der Waals surface area contributed by atoms with E-state index in [1.807, 2.05) is 36.9 Å². The molecule has 0 unspecified atom stereocenters. The number of para-hydroxylation sites is 1. The number of carbonyl (C=O) groups is 1. The lowest BCUT2D eigenvalue weighted by atomic mass is 9.85. The summed E-state index contributed by atoms with van der Waals surface area (Å²) < 4.78 is 1.90. The standard InChI is InChI=1S/C20H28N4O/c1-15(2)23-20(25)16-8-5-9-18(13-16)21-14-17-7-3-4-10-19(17)24-12-6-11-22-24/h3-4,6-7,10-12,15-16,18,21H,5,8-9,13-14H2,1-2H3,(H,23,25)/t16-,18+/m0/s1. The van der Waals surface area contributed by atoms with Crippen LogP contribution in [-0.4, -0.2) is 27.8 Å². The molecule has 1 amide bonds. The fourth-order valence-corrected chi connectivity index (χ4v) is 3.57. The van der Waals surface area contributed by atoms with E-state index in [1.54, 1.807) is 6.20 Å². The minimum atomic E-state index is 0.134. The monoisotopic (exact) mass is 340 g/mol. The van der Waals surface area contributed by atoms with E-state index in [4.69, 9.17) is 0 Å². The Balaban J connectivity index is 1.60. The lowest BCUT2D eigenvalue weighted by molar-refractivity contribution is -0.126. The molecule has 5 nitrogen and oxygen atoms in total. The SMILES string of the molecule is CC(C)NC(=O)[C@H]1CCC[C@@H](NCc2ccccc2-n2cccn2)C1. The van der Waals surface area contributed by atoms with Crippen molar-refractivity contribution in [2.45, 2.75) is 58.2 Å². The van der Waals surface area contributed by atoms with E-state index in [1.165, 1.54) is 5.56 Å². The van der Waals surface area contributed by atoms with Crippen LogP contribution in [0, 0.1) is 5.92 Å². The van der Waals surface area contributed by atoms with Gasteiger partial charge in [-0.2, -0.15) is 5.10 Å². The van der Waals surface area contributed by atoms with Crippen LogP contribution >= 0.6 is 0 Å². The van der Waals surface area contributed by atoms with Crippen molar-refractivity contribution in [1.29, 1.82) is 0 Å². The zero-order chi connectivity index (χ0) is 17.6. The zero-order valence-corrected chi connectivity index (χ0v) is 15.1. The number of aromatic nitrogens is 2. The highest BCUT2D eigenvalue weighted by Crippen LogP contribution is 2.25. The third-order valence-electron chi connectivity index (χ3n) is 4.80. The van der Waals surface area contributed by atoms with Crippen molar-refractivity contribution in [2.75, 3.05) is 0 Å². The third kappa shape index (κ3) is 4.69. The molecule has 2 N–H and O–H groups in total. The quantitative estimate of drug-likeness (QED) is 0.850. The molecule has 0 saturated heterocycles. The summed E-state index contributed by atoms with van der Waals surface area (Å²) in [5.41, 5.74) is 2.32. The van der Waals surface area contributed by atoms with Crippen LogP contribution in [0.3, 0.4) is 0 Å². The lowest BCUT2D eigenvalue weighted by Gasteiger charge is -2.30. The first-order valence-corrected chi connectivity index (χ1v) is 9.25. The minimum Gasteiger partial charge on any atom is -0.354 e. The molecule has 1 aliphatic rings. The van der Waals surface area contributed by atoms with Crippen LogP contribution in [0.2, 0.25) is 0 Å². The van der Waals surface area contributed by atoms with Gasteiger partial charge in [0.2, 0.25) is 5.91 Å². The molecule has 134 valence electrons. The van der Waals surface area contributed by atoms with Gasteiger partial charge in [-0.05, 0) is 50.8 Å². The molecule has 0 aliphatic heterocycles. The summed E-state index contributed by atoms with van der Waals surface area (Å²) in [6.45, 7) is 4.82. The van der Waals surface area contributed by atoms with Gasteiger partial charge in [-0.3, -0.25) is 4.79 Å². The number of benzene rings is 1. The van der Waals surface area contributed by atoms with Gasteiger partial charge in [-0.15, -0.1) is 0 Å². The van der Waals surface area contributed by atoms with Crippen molar-refractivity contribution in [2.24, 2.45) is 5.92 Å². The van der Waals surface area contributed by atoms with Crippen LogP contribution in [0.25, 0.3) is 5.69 Å². The van der Waals surface area contributed by atoms with E-state index in [0.717, 1.165) is 37.9 Å². The molecule has 1 heterocycles. The van der Waals surface area contributed by atoms with E-state index in [9.17, 15) is 4.79 Å². The molecule has 1 aliphatic carbocycles. The molecule has 5 heteroatoms. The molecule has 0 radical (unpaired) electrons. The Hall–Kier alpha value is -2.14. The summed E-state index contributed by atoms with van der Waals surface area (Å²) in [4.78, 5) is 12.3. The molecule has 3 rings (SSSR count). The summed E-state index contributed by atoms with van der Waals surface area (Å²) in [5.74, 6) is 0.341. The second kappa shape index (κ2) is 8.30. The summed E-state index contributed by atoms with van der Waals surface area (Å²) in [6, 6.07) is 10.9. The highest BCUT2D eigenvalue weighted by molar-refractivity contribution is 5.79. The van der Waals surface area contributed by atoms with E-state index in [0.29, 0.717) is 6.04 Å². The number of carbonyl (C=O) groups excluding carboxylic acids is 1. The number of hydrogen-bond acceptors (Lipinski definition) is 3. The highest BCUT2D eigenvalue weighted by atomic mass is 16.1. The van der Waals surface area contributed by atoms with Crippen molar-refractivity contribution >= 4 is 5.91 Å².